The van der Waals surface area contributed by atoms with E-state index in [0.29, 0.717) is 17.5 Å². The number of hydrogen-bond acceptors (Lipinski definition) is 6. The highest BCUT2D eigenvalue weighted by Crippen LogP contribution is 2.33. The first-order chi connectivity index (χ1) is 21.9. The van der Waals surface area contributed by atoms with Gasteiger partial charge in [-0.25, -0.2) is 8.78 Å². The summed E-state index contributed by atoms with van der Waals surface area (Å²) in [4.78, 5) is 46.3. The Balaban J connectivity index is 1.68. The first-order valence-electron chi connectivity index (χ1n) is 15.3. The molecule has 0 bridgehead atoms. The summed E-state index contributed by atoms with van der Waals surface area (Å²) in [5, 5.41) is 6.26. The van der Waals surface area contributed by atoms with Gasteiger partial charge in [0.05, 0.1) is 42.0 Å². The number of anilines is 1. The largest absolute Gasteiger partial charge is 0.466 e. The second-order valence-corrected chi connectivity index (χ2v) is 11.5. The van der Waals surface area contributed by atoms with Crippen LogP contribution in [0.5, 0.6) is 0 Å². The van der Waals surface area contributed by atoms with Crippen LogP contribution in [0.15, 0.2) is 60.8 Å². The lowest BCUT2D eigenvalue weighted by Gasteiger charge is -2.24. The van der Waals surface area contributed by atoms with Crippen LogP contribution in [0, 0.1) is 25.5 Å². The lowest BCUT2D eigenvalue weighted by molar-refractivity contribution is -0.143. The van der Waals surface area contributed by atoms with Crippen molar-refractivity contribution >= 4 is 34.4 Å². The van der Waals surface area contributed by atoms with Gasteiger partial charge in [0.15, 0.2) is 11.6 Å². The number of amides is 2. The highest BCUT2D eigenvalue weighted by atomic mass is 19.2. The van der Waals surface area contributed by atoms with Crippen LogP contribution in [-0.2, 0) is 14.3 Å². The van der Waals surface area contributed by atoms with Gasteiger partial charge >= 0.3 is 5.97 Å². The van der Waals surface area contributed by atoms with Gasteiger partial charge in [-0.1, -0.05) is 43.7 Å². The van der Waals surface area contributed by atoms with E-state index in [-0.39, 0.29) is 24.2 Å². The highest BCUT2D eigenvalue weighted by molar-refractivity contribution is 6.07. The second-order valence-electron chi connectivity index (χ2n) is 11.5. The maximum Gasteiger partial charge on any atom is 0.308 e. The number of fused-ring (bicyclic) bond motifs is 1. The van der Waals surface area contributed by atoms with Gasteiger partial charge in [-0.2, -0.15) is 0 Å². The van der Waals surface area contributed by atoms with Crippen LogP contribution >= 0.6 is 0 Å². The maximum absolute atomic E-state index is 15.5. The molecule has 0 aliphatic rings. The standard InChI is InChI=1S/C36H40F2N4O4/c1-7-11-29(40-35(44)26-15-10-14-23-16-25(42(5)6)20-39-34(23)26)36(45)41-30(19-31(43)46-8-2)27-17-24(18-28(37)33(27)38)32-21(3)12-9-13-22(32)4/h9-10,12-18,20,29-30H,7-8,11,19H2,1-6H3,(H,40,44)(H,41,45)/t29-,30-/m0/s1. The Morgan fingerprint density at radius 3 is 2.30 bits per heavy atom. The van der Waals surface area contributed by atoms with E-state index in [1.54, 1.807) is 25.3 Å². The van der Waals surface area contributed by atoms with E-state index in [9.17, 15) is 14.4 Å². The smallest absolute Gasteiger partial charge is 0.308 e. The zero-order valence-electron chi connectivity index (χ0n) is 27.0. The molecule has 10 heteroatoms. The molecule has 4 aromatic rings. The molecule has 0 spiro atoms. The molecule has 0 saturated carbocycles. The van der Waals surface area contributed by atoms with E-state index in [0.717, 1.165) is 33.8 Å². The molecule has 0 radical (unpaired) electrons. The minimum atomic E-state index is -1.27. The Morgan fingerprint density at radius 2 is 1.65 bits per heavy atom. The van der Waals surface area contributed by atoms with Crippen molar-refractivity contribution in [2.24, 2.45) is 0 Å². The summed E-state index contributed by atoms with van der Waals surface area (Å²) in [6.07, 6.45) is 2.01. The molecule has 1 heterocycles. The number of aromatic nitrogens is 1. The molecule has 8 nitrogen and oxygen atoms in total. The first kappa shape index (κ1) is 34.0. The molecule has 0 aliphatic heterocycles. The molecule has 0 fully saturated rings. The molecule has 2 N–H and O–H groups in total. The number of halogens is 2. The number of esters is 1. The third-order valence-corrected chi connectivity index (χ3v) is 7.85. The number of ether oxygens (including phenoxy) is 1. The van der Waals surface area contributed by atoms with Crippen molar-refractivity contribution < 1.29 is 27.9 Å². The molecule has 0 aliphatic carbocycles. The minimum Gasteiger partial charge on any atom is -0.466 e. The van der Waals surface area contributed by atoms with Crippen LogP contribution in [0.4, 0.5) is 14.5 Å². The summed E-state index contributed by atoms with van der Waals surface area (Å²) in [6, 6.07) is 13.0. The number of hydrogen-bond donors (Lipinski definition) is 2. The Hall–Kier alpha value is -4.86. The Labute approximate surface area is 268 Å². The molecule has 242 valence electrons. The third kappa shape index (κ3) is 7.67. The second kappa shape index (κ2) is 14.9. The van der Waals surface area contributed by atoms with E-state index in [4.69, 9.17) is 4.74 Å². The summed E-state index contributed by atoms with van der Waals surface area (Å²) in [5.41, 5.74) is 4.27. The average Bonchev–Trinajstić information content (AvgIpc) is 3.01. The van der Waals surface area contributed by atoms with Crippen LogP contribution < -0.4 is 15.5 Å². The van der Waals surface area contributed by atoms with Gasteiger partial charge in [-0.3, -0.25) is 19.4 Å². The number of nitrogens with zero attached hydrogens (tertiary/aromatic N) is 2. The van der Waals surface area contributed by atoms with Gasteiger partial charge in [-0.15, -0.1) is 0 Å². The Kier molecular flexibility index (Phi) is 11.1. The van der Waals surface area contributed by atoms with Crippen molar-refractivity contribution in [1.82, 2.24) is 15.6 Å². The average molecular weight is 631 g/mol. The summed E-state index contributed by atoms with van der Waals surface area (Å²) in [5.74, 6) is -4.15. The number of aryl methyl sites for hydroxylation is 2. The summed E-state index contributed by atoms with van der Waals surface area (Å²) in [6.45, 7) is 7.29. The monoisotopic (exact) mass is 630 g/mol. The van der Waals surface area contributed by atoms with Crippen molar-refractivity contribution in [1.29, 1.82) is 0 Å². The predicted octanol–water partition coefficient (Wildman–Crippen LogP) is 6.57. The summed E-state index contributed by atoms with van der Waals surface area (Å²) < 4.78 is 35.7. The van der Waals surface area contributed by atoms with Crippen LogP contribution in [0.3, 0.4) is 0 Å². The van der Waals surface area contributed by atoms with Crippen LogP contribution in [0.2, 0.25) is 0 Å². The Bertz CT molecular complexity index is 1740. The number of carbonyl (C=O) groups is 3. The van der Waals surface area contributed by atoms with Crippen LogP contribution in [0.1, 0.15) is 66.2 Å². The molecule has 1 aromatic heterocycles. The summed E-state index contributed by atoms with van der Waals surface area (Å²) in [7, 11) is 3.78. The molecule has 2 atom stereocenters. The van der Waals surface area contributed by atoms with Crippen molar-refractivity contribution in [3.05, 3.63) is 94.7 Å². The zero-order chi connectivity index (χ0) is 33.5. The fourth-order valence-corrected chi connectivity index (χ4v) is 5.55. The van der Waals surface area contributed by atoms with E-state index in [1.165, 1.54) is 6.07 Å². The number of carbonyl (C=O) groups excluding carboxylic acids is 3. The molecule has 0 saturated heterocycles. The summed E-state index contributed by atoms with van der Waals surface area (Å²) >= 11 is 0. The van der Waals surface area contributed by atoms with E-state index >= 15 is 8.78 Å². The van der Waals surface area contributed by atoms with Gasteiger partial charge in [0.25, 0.3) is 5.91 Å². The van der Waals surface area contributed by atoms with Crippen LogP contribution in [0.25, 0.3) is 22.0 Å². The number of nitrogens with one attached hydrogen (secondary N) is 2. The maximum atomic E-state index is 15.5. The fraction of sp³-hybridized carbons (Fsp3) is 0.333. The minimum absolute atomic E-state index is 0.0718. The van der Waals surface area contributed by atoms with E-state index in [2.05, 4.69) is 15.6 Å². The lowest BCUT2D eigenvalue weighted by Crippen LogP contribution is -2.48. The first-order valence-corrected chi connectivity index (χ1v) is 15.3. The molecule has 2 amide bonds. The third-order valence-electron chi connectivity index (χ3n) is 7.85. The molecular weight excluding hydrogens is 590 g/mol. The van der Waals surface area contributed by atoms with E-state index < -0.39 is 47.9 Å². The molecule has 3 aromatic carbocycles. The number of pyridine rings is 1. The Morgan fingerprint density at radius 1 is 0.957 bits per heavy atom. The van der Waals surface area contributed by atoms with Crippen molar-refractivity contribution in [2.75, 3.05) is 25.6 Å². The van der Waals surface area contributed by atoms with Crippen molar-refractivity contribution in [3.8, 4) is 11.1 Å². The SMILES string of the molecule is CCC[C@H](NC(=O)c1cccc2cc(N(C)C)cnc12)C(=O)N[C@@H](CC(=O)OCC)c1cc(-c2c(C)cccc2C)cc(F)c1F. The van der Waals surface area contributed by atoms with Crippen molar-refractivity contribution in [3.63, 3.8) is 0 Å². The molecule has 4 rings (SSSR count). The topological polar surface area (TPSA) is 101 Å². The van der Waals surface area contributed by atoms with Gasteiger partial charge in [0, 0.05) is 25.0 Å². The molecular formula is C36H40F2N4O4. The number of rotatable bonds is 12. The predicted molar refractivity (Wildman–Crippen MR) is 176 cm³/mol. The van der Waals surface area contributed by atoms with Gasteiger partial charge < -0.3 is 20.3 Å². The van der Waals surface area contributed by atoms with Crippen molar-refractivity contribution in [2.45, 2.75) is 59.0 Å². The fourth-order valence-electron chi connectivity index (χ4n) is 5.55. The quantitative estimate of drug-likeness (QED) is 0.172. The highest BCUT2D eigenvalue weighted by Gasteiger charge is 2.29. The van der Waals surface area contributed by atoms with E-state index in [1.807, 2.05) is 70.1 Å². The normalized spacial score (nSPS) is 12.3. The van der Waals surface area contributed by atoms with Crippen LogP contribution in [-0.4, -0.2) is 49.5 Å². The molecule has 0 unspecified atom stereocenters. The lowest BCUT2D eigenvalue weighted by atomic mass is 9.92. The number of benzene rings is 3. The zero-order valence-corrected chi connectivity index (χ0v) is 27.0. The van der Waals surface area contributed by atoms with Gasteiger partial charge in [-0.05, 0) is 73.7 Å². The number of para-hydroxylation sites is 1. The van der Waals surface area contributed by atoms with Gasteiger partial charge in [0.2, 0.25) is 5.91 Å². The molecule has 46 heavy (non-hydrogen) atoms. The van der Waals surface area contributed by atoms with Gasteiger partial charge in [0.1, 0.15) is 6.04 Å².